The molecule has 0 rings (SSSR count). The number of ether oxygens (including phenoxy) is 1. The van der Waals surface area contributed by atoms with E-state index in [0.29, 0.717) is 19.6 Å². The van der Waals surface area contributed by atoms with Crippen LogP contribution in [0.1, 0.15) is 27.2 Å². The third-order valence-corrected chi connectivity index (χ3v) is 3.06. The Kier molecular flexibility index (Phi) is 6.76. The zero-order valence-electron chi connectivity index (χ0n) is 10.8. The monoisotopic (exact) mass is 220 g/mol. The minimum Gasteiger partial charge on any atom is -0.448 e. The molecular formula is C10H21B3NO2. The summed E-state index contributed by atoms with van der Waals surface area (Å²) < 4.78 is 10.1. The molecule has 3 unspecified atom stereocenters. The van der Waals surface area contributed by atoms with Crippen molar-refractivity contribution in [2.75, 3.05) is 13.2 Å². The number of hydrogen-bond acceptors (Lipinski definition) is 3. The van der Waals surface area contributed by atoms with Crippen molar-refractivity contribution in [2.24, 2.45) is 11.7 Å². The maximum Gasteiger partial charge on any atom is 0.282 e. The van der Waals surface area contributed by atoms with Gasteiger partial charge in [0.05, 0.1) is 0 Å². The first-order chi connectivity index (χ1) is 7.25. The van der Waals surface area contributed by atoms with Crippen molar-refractivity contribution in [1.82, 2.24) is 0 Å². The molecule has 0 aliphatic rings. The molecule has 2 N–H and O–H groups in total. The molecule has 0 spiro atoms. The topological polar surface area (TPSA) is 44.5 Å². The Morgan fingerprint density at radius 2 is 2.00 bits per heavy atom. The van der Waals surface area contributed by atoms with Crippen LogP contribution in [0.5, 0.6) is 0 Å². The molecule has 0 aliphatic heterocycles. The van der Waals surface area contributed by atoms with E-state index in [1.54, 1.807) is 0 Å². The second kappa shape index (κ2) is 6.72. The van der Waals surface area contributed by atoms with Crippen LogP contribution in [0, 0.1) is 5.92 Å². The molecule has 87 valence electrons. The van der Waals surface area contributed by atoms with Crippen molar-refractivity contribution in [1.29, 1.82) is 0 Å². The van der Waals surface area contributed by atoms with Crippen LogP contribution in [0.15, 0.2) is 0 Å². The molecule has 5 radical (unpaired) electrons. The molecule has 0 heterocycles. The summed E-state index contributed by atoms with van der Waals surface area (Å²) in [7, 11) is 12.8. The number of nitrogens with two attached hydrogens (primary N) is 1. The molecule has 0 aromatic carbocycles. The molecule has 0 aromatic rings. The summed E-state index contributed by atoms with van der Waals surface area (Å²) in [6, 6.07) is 0. The largest absolute Gasteiger partial charge is 0.448 e. The van der Waals surface area contributed by atoms with Crippen molar-refractivity contribution in [3.8, 4) is 0 Å². The van der Waals surface area contributed by atoms with E-state index < -0.39 is 5.50 Å². The smallest absolute Gasteiger partial charge is 0.282 e. The fourth-order valence-corrected chi connectivity index (χ4v) is 1.11. The maximum absolute atomic E-state index is 6.07. The Bertz CT molecular complexity index is 201. The van der Waals surface area contributed by atoms with Crippen molar-refractivity contribution in [3.05, 3.63) is 0 Å². The van der Waals surface area contributed by atoms with Gasteiger partial charge >= 0.3 is 0 Å². The summed E-state index contributed by atoms with van der Waals surface area (Å²) in [5.74, 6) is 0.194. The highest BCUT2D eigenvalue weighted by atomic mass is 16.5. The van der Waals surface area contributed by atoms with E-state index in [0.717, 1.165) is 0 Å². The molecule has 6 heteroatoms. The van der Waals surface area contributed by atoms with Gasteiger partial charge in [-0.3, -0.25) is 0 Å². The van der Waals surface area contributed by atoms with Crippen LogP contribution in [0.4, 0.5) is 0 Å². The van der Waals surface area contributed by atoms with E-state index in [-0.39, 0.29) is 11.4 Å². The van der Waals surface area contributed by atoms with Gasteiger partial charge in [-0.05, 0) is 24.7 Å². The first-order valence-corrected chi connectivity index (χ1v) is 5.59. The molecule has 0 fully saturated rings. The Morgan fingerprint density at radius 1 is 1.44 bits per heavy atom. The lowest BCUT2D eigenvalue weighted by atomic mass is 9.56. The normalized spacial score (nSPS) is 20.8. The summed E-state index contributed by atoms with van der Waals surface area (Å²) >= 11 is 0. The van der Waals surface area contributed by atoms with Crippen LogP contribution in [-0.4, -0.2) is 47.3 Å². The van der Waals surface area contributed by atoms with Gasteiger partial charge in [0.1, 0.15) is 15.1 Å². The van der Waals surface area contributed by atoms with Crippen LogP contribution < -0.4 is 5.73 Å². The predicted molar refractivity (Wildman–Crippen MR) is 69.8 cm³/mol. The van der Waals surface area contributed by atoms with Gasteiger partial charge in [0.2, 0.25) is 0 Å². The summed E-state index contributed by atoms with van der Waals surface area (Å²) in [4.78, 5) is 0. The van der Waals surface area contributed by atoms with Crippen LogP contribution in [-0.2, 0) is 9.39 Å². The molecule has 16 heavy (non-hydrogen) atoms. The molecule has 3 nitrogen and oxygen atoms in total. The summed E-state index contributed by atoms with van der Waals surface area (Å²) in [6.45, 7) is 8.64. The van der Waals surface area contributed by atoms with Gasteiger partial charge in [0.25, 0.3) is 8.05 Å². The van der Waals surface area contributed by atoms with Crippen LogP contribution in [0.2, 0.25) is 6.82 Å². The van der Waals surface area contributed by atoms with E-state index in [1.807, 2.05) is 34.9 Å². The second-order valence-corrected chi connectivity index (χ2v) is 4.80. The molecule has 0 saturated heterocycles. The molecule has 0 amide bonds. The van der Waals surface area contributed by atoms with Crippen molar-refractivity contribution < 1.29 is 9.39 Å². The van der Waals surface area contributed by atoms with E-state index in [9.17, 15) is 0 Å². The van der Waals surface area contributed by atoms with Gasteiger partial charge in [0.15, 0.2) is 0 Å². The minimum atomic E-state index is -0.725. The molecule has 0 bridgehead atoms. The Morgan fingerprint density at radius 3 is 2.44 bits per heavy atom. The maximum atomic E-state index is 6.07. The SMILES string of the molecule is [B]OCCC([B])(C)OCC(C)C(C)(N)[B]C. The molecular weight excluding hydrogens is 199 g/mol. The van der Waals surface area contributed by atoms with Gasteiger partial charge < -0.3 is 15.1 Å². The summed E-state index contributed by atoms with van der Waals surface area (Å²) in [5, 5.41) is 0. The van der Waals surface area contributed by atoms with Gasteiger partial charge in [-0.1, -0.05) is 20.7 Å². The summed E-state index contributed by atoms with van der Waals surface area (Å²) in [6.07, 6.45) is 0.549. The average Bonchev–Trinajstić information content (AvgIpc) is 2.23. The van der Waals surface area contributed by atoms with Gasteiger partial charge in [0, 0.05) is 18.7 Å². The third kappa shape index (κ3) is 5.97. The lowest BCUT2D eigenvalue weighted by Crippen LogP contribution is -2.50. The van der Waals surface area contributed by atoms with E-state index in [1.165, 1.54) is 0 Å². The number of rotatable bonds is 8. The quantitative estimate of drug-likeness (QED) is 0.603. The zero-order chi connectivity index (χ0) is 12.8. The van der Waals surface area contributed by atoms with Crippen molar-refractivity contribution in [3.63, 3.8) is 0 Å². The summed E-state index contributed by atoms with van der Waals surface area (Å²) in [5.41, 5.74) is 5.00. The predicted octanol–water partition coefficient (Wildman–Crippen LogP) is 0.441. The highest BCUT2D eigenvalue weighted by molar-refractivity contribution is 6.38. The fourth-order valence-electron chi connectivity index (χ4n) is 1.11. The van der Waals surface area contributed by atoms with Gasteiger partial charge in [-0.25, -0.2) is 0 Å². The van der Waals surface area contributed by atoms with Crippen LogP contribution in [0.3, 0.4) is 0 Å². The highest BCUT2D eigenvalue weighted by Crippen LogP contribution is 2.17. The van der Waals surface area contributed by atoms with E-state index >= 15 is 0 Å². The van der Waals surface area contributed by atoms with Gasteiger partial charge in [-0.15, -0.1) is 0 Å². The second-order valence-electron chi connectivity index (χ2n) is 4.80. The Hall–Kier alpha value is 0.0748. The molecule has 3 atom stereocenters. The van der Waals surface area contributed by atoms with Crippen LogP contribution in [0.25, 0.3) is 0 Å². The third-order valence-electron chi connectivity index (χ3n) is 3.06. The van der Waals surface area contributed by atoms with Gasteiger partial charge in [-0.2, -0.15) is 0 Å². The fraction of sp³-hybridized carbons (Fsp3) is 1.00. The first-order valence-electron chi connectivity index (χ1n) is 5.59. The van der Waals surface area contributed by atoms with E-state index in [4.69, 9.17) is 26.4 Å². The molecule has 0 saturated carbocycles. The lowest BCUT2D eigenvalue weighted by molar-refractivity contribution is -0.00527. The molecule has 0 aromatic heterocycles. The zero-order valence-corrected chi connectivity index (χ0v) is 10.8. The van der Waals surface area contributed by atoms with Crippen LogP contribution >= 0.6 is 0 Å². The highest BCUT2D eigenvalue weighted by Gasteiger charge is 2.27. The Labute approximate surface area is 103 Å². The minimum absolute atomic E-state index is 0.194. The lowest BCUT2D eigenvalue weighted by Gasteiger charge is -2.34. The Balaban J connectivity index is 4.03. The average molecular weight is 220 g/mol. The van der Waals surface area contributed by atoms with Crippen molar-refractivity contribution in [2.45, 2.75) is 45.0 Å². The standard InChI is InChI=1S/C10H21B3NO2/c1-8(10(3,14)13-4)7-15-9(2,11)5-6-16-12/h8H,5-7,14H2,1-4H3. The van der Waals surface area contributed by atoms with Crippen molar-refractivity contribution >= 4 is 23.2 Å². The molecule has 0 aliphatic carbocycles. The van der Waals surface area contributed by atoms with E-state index in [2.05, 4.69) is 4.65 Å². The number of hydrogen-bond donors (Lipinski definition) is 1. The first kappa shape index (κ1) is 16.1.